The quantitative estimate of drug-likeness (QED) is 0.300. The van der Waals surface area contributed by atoms with E-state index in [2.05, 4.69) is 16.0 Å². The highest BCUT2D eigenvalue weighted by atomic mass is 19.3. The minimum absolute atomic E-state index is 0.0181. The average Bonchev–Trinajstić information content (AvgIpc) is 3.75. The SMILES string of the molecule is COc1cc(C(=O)N2[C@H]3CC[C@@H]2[C@H](N)C3)cc2nc(-c3cc4ccc([C@@H](C)NC(=O)[C@@H]5CC5(F)F)nc4n3CC3CC3)n(C)c12. The number of halogens is 2. The van der Waals surface area contributed by atoms with Gasteiger partial charge >= 0.3 is 0 Å². The third-order valence-corrected chi connectivity index (χ3v) is 10.3. The third kappa shape index (κ3) is 4.59. The number of aromatic nitrogens is 4. The number of ether oxygens (including phenoxy) is 1. The monoisotopic (exact) mass is 617 g/mol. The maximum Gasteiger partial charge on any atom is 0.260 e. The van der Waals surface area contributed by atoms with Crippen LogP contribution in [0.2, 0.25) is 0 Å². The van der Waals surface area contributed by atoms with Crippen LogP contribution < -0.4 is 15.8 Å². The number of carbonyl (C=O) groups excluding carboxylic acids is 2. The van der Waals surface area contributed by atoms with Crippen molar-refractivity contribution in [2.75, 3.05) is 7.11 Å². The second-order valence-electron chi connectivity index (χ2n) is 13.4. The molecule has 2 aliphatic heterocycles. The number of hydrogen-bond acceptors (Lipinski definition) is 6. The summed E-state index contributed by atoms with van der Waals surface area (Å²) in [7, 11) is 3.54. The maximum absolute atomic E-state index is 13.8. The van der Waals surface area contributed by atoms with Gasteiger partial charge in [0.15, 0.2) is 5.82 Å². The molecule has 2 aliphatic carbocycles. The number of alkyl halides is 2. The van der Waals surface area contributed by atoms with E-state index in [0.29, 0.717) is 34.3 Å². The molecule has 2 saturated heterocycles. The maximum atomic E-state index is 13.8. The van der Waals surface area contributed by atoms with Gasteiger partial charge < -0.3 is 29.8 Å². The van der Waals surface area contributed by atoms with Crippen molar-refractivity contribution in [2.45, 2.75) is 82.1 Å². The van der Waals surface area contributed by atoms with Crippen molar-refractivity contribution in [3.63, 3.8) is 0 Å². The molecular weight excluding hydrogens is 580 g/mol. The first-order valence-electron chi connectivity index (χ1n) is 15.9. The summed E-state index contributed by atoms with van der Waals surface area (Å²) in [6.45, 7) is 2.52. The van der Waals surface area contributed by atoms with Gasteiger partial charge in [0.1, 0.15) is 22.8 Å². The highest BCUT2D eigenvalue weighted by Gasteiger charge is 2.61. The lowest BCUT2D eigenvalue weighted by atomic mass is 9.97. The van der Waals surface area contributed by atoms with Crippen molar-refractivity contribution in [1.82, 2.24) is 29.3 Å². The van der Waals surface area contributed by atoms with E-state index in [9.17, 15) is 18.4 Å². The van der Waals surface area contributed by atoms with Crippen LogP contribution in [0.3, 0.4) is 0 Å². The summed E-state index contributed by atoms with van der Waals surface area (Å²) in [5.41, 5.74) is 10.6. The van der Waals surface area contributed by atoms with Crippen LogP contribution in [0.15, 0.2) is 30.3 Å². The molecule has 3 N–H and O–H groups in total. The number of methoxy groups -OCH3 is 1. The molecule has 0 unspecified atom stereocenters. The van der Waals surface area contributed by atoms with Gasteiger partial charge in [-0.05, 0) is 75.3 Å². The number of nitrogens with one attached hydrogen (secondary N) is 1. The number of fused-ring (bicyclic) bond motifs is 4. The predicted molar refractivity (Wildman–Crippen MR) is 164 cm³/mol. The minimum atomic E-state index is -2.92. The number of nitrogens with two attached hydrogens (primary N) is 1. The molecule has 236 valence electrons. The van der Waals surface area contributed by atoms with Gasteiger partial charge in [-0.3, -0.25) is 9.59 Å². The fraction of sp³-hybridized carbons (Fsp3) is 0.515. The zero-order chi connectivity index (χ0) is 31.4. The standard InChI is InChI=1S/C33H37F2N7O3/c1-16(37-31(43)21-14-33(21,34)35)23-8-6-18-11-26(41(29(18)38-23)15-17-4-5-17)30-39-24-10-19(12-27(45-3)28(24)40(30)2)32(44)42-20-7-9-25(42)22(36)13-20/h6,8,10-12,16-17,20-22,25H,4-5,7,9,13-15,36H2,1-3H3,(H,37,43)/t16-,20+,21+,22-,25-/m1/s1. The van der Waals surface area contributed by atoms with E-state index in [1.165, 1.54) is 0 Å². The Kier molecular flexibility index (Phi) is 6.30. The third-order valence-electron chi connectivity index (χ3n) is 10.3. The summed E-state index contributed by atoms with van der Waals surface area (Å²) in [6.07, 6.45) is 4.62. The van der Waals surface area contributed by atoms with Crippen LogP contribution in [0.1, 0.15) is 67.5 Å². The van der Waals surface area contributed by atoms with Crippen molar-refractivity contribution in [2.24, 2.45) is 24.6 Å². The molecule has 12 heteroatoms. The van der Waals surface area contributed by atoms with Crippen LogP contribution in [0.4, 0.5) is 8.78 Å². The highest BCUT2D eigenvalue weighted by Crippen LogP contribution is 2.49. The number of hydrogen-bond donors (Lipinski definition) is 2. The summed E-state index contributed by atoms with van der Waals surface area (Å²) < 4.78 is 36.9. The molecule has 10 nitrogen and oxygen atoms in total. The number of aryl methyl sites for hydroxylation is 1. The second kappa shape index (κ2) is 9.97. The minimum Gasteiger partial charge on any atom is -0.494 e. The molecule has 2 bridgehead atoms. The predicted octanol–water partition coefficient (Wildman–Crippen LogP) is 4.55. The lowest BCUT2D eigenvalue weighted by molar-refractivity contribution is -0.125. The van der Waals surface area contributed by atoms with Crippen LogP contribution in [-0.2, 0) is 18.4 Å². The van der Waals surface area contributed by atoms with Crippen molar-refractivity contribution in [3.05, 3.63) is 41.6 Å². The first-order chi connectivity index (χ1) is 21.5. The molecule has 4 fully saturated rings. The van der Waals surface area contributed by atoms with Crippen LogP contribution in [-0.4, -0.2) is 67.0 Å². The molecule has 0 radical (unpaired) electrons. The lowest BCUT2D eigenvalue weighted by Gasteiger charge is -2.23. The highest BCUT2D eigenvalue weighted by molar-refractivity contribution is 6.00. The molecule has 2 amide bonds. The van der Waals surface area contributed by atoms with Crippen molar-refractivity contribution < 1.29 is 23.1 Å². The molecule has 1 aromatic carbocycles. The van der Waals surface area contributed by atoms with Gasteiger partial charge in [-0.1, -0.05) is 0 Å². The van der Waals surface area contributed by atoms with Gasteiger partial charge in [-0.15, -0.1) is 0 Å². The van der Waals surface area contributed by atoms with Gasteiger partial charge in [-0.25, -0.2) is 18.7 Å². The van der Waals surface area contributed by atoms with Crippen molar-refractivity contribution in [1.29, 1.82) is 0 Å². The zero-order valence-corrected chi connectivity index (χ0v) is 25.6. The van der Waals surface area contributed by atoms with Crippen LogP contribution in [0.25, 0.3) is 33.6 Å². The number of nitrogens with zero attached hydrogens (tertiary/aromatic N) is 5. The van der Waals surface area contributed by atoms with Gasteiger partial charge in [0.05, 0.1) is 30.1 Å². The van der Waals surface area contributed by atoms with Gasteiger partial charge in [0.2, 0.25) is 5.91 Å². The lowest BCUT2D eigenvalue weighted by Crippen LogP contribution is -2.40. The smallest absolute Gasteiger partial charge is 0.260 e. The molecule has 8 rings (SSSR count). The van der Waals surface area contributed by atoms with E-state index >= 15 is 0 Å². The van der Waals surface area contributed by atoms with Gasteiger partial charge in [-0.2, -0.15) is 0 Å². The summed E-state index contributed by atoms with van der Waals surface area (Å²) >= 11 is 0. The van der Waals surface area contributed by atoms with E-state index in [1.54, 1.807) is 20.1 Å². The van der Waals surface area contributed by atoms with Crippen LogP contribution in [0, 0.1) is 11.8 Å². The Hall–Kier alpha value is -4.06. The normalized spacial score (nSPS) is 25.7. The van der Waals surface area contributed by atoms with E-state index in [0.717, 1.165) is 60.9 Å². The molecule has 2 saturated carbocycles. The molecule has 4 aliphatic rings. The first-order valence-corrected chi connectivity index (χ1v) is 15.9. The Bertz CT molecular complexity index is 1880. The Morgan fingerprint density at radius 3 is 2.58 bits per heavy atom. The Morgan fingerprint density at radius 1 is 1.16 bits per heavy atom. The summed E-state index contributed by atoms with van der Waals surface area (Å²) in [5, 5.41) is 3.63. The fourth-order valence-electron chi connectivity index (χ4n) is 7.52. The van der Waals surface area contributed by atoms with E-state index in [1.807, 2.05) is 34.7 Å². The Labute approximate surface area is 258 Å². The van der Waals surface area contributed by atoms with E-state index in [4.69, 9.17) is 20.4 Å². The fourth-order valence-corrected chi connectivity index (χ4v) is 7.52. The Morgan fingerprint density at radius 2 is 1.93 bits per heavy atom. The molecular formula is C33H37F2N7O3. The molecule has 0 spiro atoms. The molecule has 45 heavy (non-hydrogen) atoms. The second-order valence-corrected chi connectivity index (χ2v) is 13.4. The largest absolute Gasteiger partial charge is 0.494 e. The summed E-state index contributed by atoms with van der Waals surface area (Å²) in [4.78, 5) is 38.1. The summed E-state index contributed by atoms with van der Waals surface area (Å²) in [6, 6.07) is 9.25. The Balaban J connectivity index is 1.17. The van der Waals surface area contributed by atoms with Crippen LogP contribution in [0.5, 0.6) is 5.75 Å². The number of amides is 2. The first kappa shape index (κ1) is 28.4. The van der Waals surface area contributed by atoms with Crippen molar-refractivity contribution in [3.8, 4) is 17.3 Å². The number of carbonyl (C=O) groups is 2. The molecule has 4 aromatic rings. The zero-order valence-electron chi connectivity index (χ0n) is 25.6. The number of benzene rings is 1. The molecule has 5 atom stereocenters. The van der Waals surface area contributed by atoms with Gasteiger partial charge in [0, 0.05) is 49.1 Å². The number of imidazole rings is 1. The average molecular weight is 618 g/mol. The molecule has 5 heterocycles. The van der Waals surface area contributed by atoms with E-state index < -0.39 is 30.2 Å². The topological polar surface area (TPSA) is 120 Å². The van der Waals surface area contributed by atoms with Crippen molar-refractivity contribution >= 4 is 33.9 Å². The van der Waals surface area contributed by atoms with Gasteiger partial charge in [0.25, 0.3) is 11.8 Å². The number of rotatable bonds is 8. The number of pyridine rings is 1. The van der Waals surface area contributed by atoms with E-state index in [-0.39, 0.29) is 24.0 Å². The van der Waals surface area contributed by atoms with Crippen LogP contribution >= 0.6 is 0 Å². The summed E-state index contributed by atoms with van der Waals surface area (Å²) in [5.74, 6) is -3.04. The molecule has 3 aromatic heterocycles.